The van der Waals surface area contributed by atoms with Crippen LogP contribution in [0.2, 0.25) is 5.02 Å². The molecular formula is C12H16ClN4+. The first-order valence-electron chi connectivity index (χ1n) is 5.66. The quantitative estimate of drug-likeness (QED) is 0.515. The zero-order valence-electron chi connectivity index (χ0n) is 9.76. The number of hydrogen-bond donors (Lipinski definition) is 3. The molecule has 0 spiro atoms. The Kier molecular flexibility index (Phi) is 3.98. The van der Waals surface area contributed by atoms with Gasteiger partial charge in [0.25, 0.3) is 0 Å². The summed E-state index contributed by atoms with van der Waals surface area (Å²) in [6, 6.07) is 7.63. The van der Waals surface area contributed by atoms with Gasteiger partial charge in [-0.25, -0.2) is 0 Å². The summed E-state index contributed by atoms with van der Waals surface area (Å²) in [4.78, 5) is 3.20. The molecule has 0 fully saturated rings. The number of guanidine groups is 1. The van der Waals surface area contributed by atoms with Gasteiger partial charge in [0, 0.05) is 11.4 Å². The van der Waals surface area contributed by atoms with Gasteiger partial charge in [0.05, 0.1) is 18.8 Å². The molecule has 0 saturated heterocycles. The van der Waals surface area contributed by atoms with Gasteiger partial charge in [0.1, 0.15) is 0 Å². The Hall–Kier alpha value is -1.55. The van der Waals surface area contributed by atoms with Crippen molar-refractivity contribution in [2.75, 3.05) is 13.1 Å². The average molecular weight is 252 g/mol. The second-order valence-corrected chi connectivity index (χ2v) is 4.33. The predicted octanol–water partition coefficient (Wildman–Crippen LogP) is 0.0835. The van der Waals surface area contributed by atoms with Crippen LogP contribution in [0.4, 0.5) is 0 Å². The number of nitrogens with zero attached hydrogens (tertiary/aromatic N) is 1. The summed E-state index contributed by atoms with van der Waals surface area (Å²) in [5, 5.41) is 8.25. The van der Waals surface area contributed by atoms with Crippen molar-refractivity contribution < 1.29 is 4.99 Å². The van der Waals surface area contributed by atoms with E-state index in [1.807, 2.05) is 31.2 Å². The van der Waals surface area contributed by atoms with Crippen molar-refractivity contribution in [3.8, 4) is 0 Å². The third kappa shape index (κ3) is 3.46. The van der Waals surface area contributed by atoms with E-state index in [1.54, 1.807) is 0 Å². The van der Waals surface area contributed by atoms with Gasteiger partial charge in [-0.1, -0.05) is 23.7 Å². The molecule has 0 aromatic heterocycles. The molecule has 1 aliphatic heterocycles. The van der Waals surface area contributed by atoms with Crippen LogP contribution in [-0.4, -0.2) is 24.8 Å². The molecule has 0 unspecified atom stereocenters. The number of nitrogens with one attached hydrogen (secondary N) is 3. The maximum Gasteiger partial charge on any atom is 0.367 e. The van der Waals surface area contributed by atoms with Crippen molar-refractivity contribution in [2.45, 2.75) is 13.3 Å². The van der Waals surface area contributed by atoms with E-state index in [0.29, 0.717) is 0 Å². The maximum absolute atomic E-state index is 5.84. The van der Waals surface area contributed by atoms with E-state index in [4.69, 9.17) is 11.6 Å². The Morgan fingerprint density at radius 3 is 2.82 bits per heavy atom. The Bertz CT molecular complexity index is 436. The molecule has 4 nitrogen and oxygen atoms in total. The van der Waals surface area contributed by atoms with E-state index < -0.39 is 0 Å². The minimum absolute atomic E-state index is 0.736. The molecule has 0 bridgehead atoms. The molecule has 0 radical (unpaired) electrons. The summed E-state index contributed by atoms with van der Waals surface area (Å²) < 4.78 is 0. The van der Waals surface area contributed by atoms with E-state index >= 15 is 0 Å². The highest BCUT2D eigenvalue weighted by Crippen LogP contribution is 2.09. The number of rotatable bonds is 2. The highest BCUT2D eigenvalue weighted by atomic mass is 35.5. The molecule has 0 atom stereocenters. The molecule has 90 valence electrons. The van der Waals surface area contributed by atoms with Crippen molar-refractivity contribution in [1.29, 1.82) is 0 Å². The summed E-state index contributed by atoms with van der Waals surface area (Å²) in [7, 11) is 0. The molecule has 1 aliphatic rings. The number of hydrogen-bond acceptors (Lipinski definition) is 3. The Morgan fingerprint density at radius 2 is 2.18 bits per heavy atom. The minimum atomic E-state index is 0.736. The molecule has 0 saturated carbocycles. The van der Waals surface area contributed by atoms with Crippen molar-refractivity contribution in [1.82, 2.24) is 10.7 Å². The maximum atomic E-state index is 5.84. The molecule has 1 aromatic carbocycles. The average Bonchev–Trinajstić information content (AvgIpc) is 2.38. The molecule has 1 heterocycles. The largest absolute Gasteiger partial charge is 0.367 e. The van der Waals surface area contributed by atoms with Gasteiger partial charge in [-0.05, 0) is 24.6 Å². The number of benzene rings is 1. The Morgan fingerprint density at radius 1 is 1.41 bits per heavy atom. The van der Waals surface area contributed by atoms with Crippen LogP contribution in [0.3, 0.4) is 0 Å². The van der Waals surface area contributed by atoms with E-state index in [2.05, 4.69) is 20.8 Å². The summed E-state index contributed by atoms with van der Waals surface area (Å²) in [5.74, 6) is 0.865. The third-order valence-corrected chi connectivity index (χ3v) is 2.81. The molecular weight excluding hydrogens is 236 g/mol. The molecule has 0 aliphatic carbocycles. The fraction of sp³-hybridized carbons (Fsp3) is 0.333. The monoisotopic (exact) mass is 251 g/mol. The number of hydrazone groups is 1. The Balaban J connectivity index is 2.01. The summed E-state index contributed by atoms with van der Waals surface area (Å²) in [6.45, 7) is 3.91. The van der Waals surface area contributed by atoms with Gasteiger partial charge in [0.2, 0.25) is 0 Å². The van der Waals surface area contributed by atoms with Crippen LogP contribution in [0.1, 0.15) is 18.9 Å². The standard InChI is InChI=1S/C12H15ClN4/c1-9(10-3-5-11(13)6-4-10)16-17-12-14-7-2-8-15-12/h3-6H,2,7-8H2,1H3,(H2,14,15,17)/p+1/b16-9+. The minimum Gasteiger partial charge on any atom is -0.276 e. The van der Waals surface area contributed by atoms with Crippen LogP contribution in [-0.2, 0) is 0 Å². The van der Waals surface area contributed by atoms with E-state index in [1.165, 1.54) is 0 Å². The van der Waals surface area contributed by atoms with Crippen molar-refractivity contribution in [3.05, 3.63) is 34.9 Å². The van der Waals surface area contributed by atoms with Gasteiger partial charge < -0.3 is 0 Å². The first-order valence-corrected chi connectivity index (χ1v) is 6.04. The van der Waals surface area contributed by atoms with Crippen molar-refractivity contribution >= 4 is 23.3 Å². The predicted molar refractivity (Wildman–Crippen MR) is 70.3 cm³/mol. The second-order valence-electron chi connectivity index (χ2n) is 3.90. The van der Waals surface area contributed by atoms with E-state index in [0.717, 1.165) is 41.8 Å². The second kappa shape index (κ2) is 5.68. The molecule has 0 amide bonds. The highest BCUT2D eigenvalue weighted by Gasteiger charge is 2.09. The van der Waals surface area contributed by atoms with E-state index in [9.17, 15) is 0 Å². The molecule has 17 heavy (non-hydrogen) atoms. The summed E-state index contributed by atoms with van der Waals surface area (Å²) in [5.41, 5.74) is 4.96. The zero-order valence-corrected chi connectivity index (χ0v) is 10.5. The van der Waals surface area contributed by atoms with Gasteiger partial charge in [-0.3, -0.25) is 10.3 Å². The lowest BCUT2D eigenvalue weighted by Crippen LogP contribution is -2.81. The van der Waals surface area contributed by atoms with Crippen LogP contribution in [0.5, 0.6) is 0 Å². The van der Waals surface area contributed by atoms with Crippen molar-refractivity contribution in [2.24, 2.45) is 5.10 Å². The molecule has 3 N–H and O–H groups in total. The highest BCUT2D eigenvalue weighted by molar-refractivity contribution is 6.30. The lowest BCUT2D eigenvalue weighted by Gasteiger charge is -2.07. The van der Waals surface area contributed by atoms with Crippen LogP contribution >= 0.6 is 11.6 Å². The van der Waals surface area contributed by atoms with Crippen LogP contribution in [0.15, 0.2) is 29.4 Å². The first-order chi connectivity index (χ1) is 8.25. The summed E-state index contributed by atoms with van der Waals surface area (Å²) >= 11 is 5.84. The number of halogens is 1. The van der Waals surface area contributed by atoms with E-state index in [-0.39, 0.29) is 0 Å². The first kappa shape index (κ1) is 11.9. The van der Waals surface area contributed by atoms with Gasteiger partial charge in [-0.2, -0.15) is 5.43 Å². The fourth-order valence-corrected chi connectivity index (χ4v) is 1.68. The van der Waals surface area contributed by atoms with Crippen LogP contribution in [0, 0.1) is 0 Å². The topological polar surface area (TPSA) is 50.4 Å². The third-order valence-electron chi connectivity index (χ3n) is 2.55. The van der Waals surface area contributed by atoms with Crippen LogP contribution in [0.25, 0.3) is 0 Å². The molecule has 1 aromatic rings. The summed E-state index contributed by atoms with van der Waals surface area (Å²) in [6.07, 6.45) is 1.13. The normalized spacial score (nSPS) is 16.1. The van der Waals surface area contributed by atoms with Gasteiger partial charge >= 0.3 is 5.96 Å². The van der Waals surface area contributed by atoms with Crippen molar-refractivity contribution in [3.63, 3.8) is 0 Å². The van der Waals surface area contributed by atoms with Gasteiger partial charge in [0.15, 0.2) is 0 Å². The fourth-order valence-electron chi connectivity index (χ4n) is 1.55. The van der Waals surface area contributed by atoms with Crippen LogP contribution < -0.4 is 15.7 Å². The zero-order chi connectivity index (χ0) is 12.1. The lowest BCUT2D eigenvalue weighted by molar-refractivity contribution is -0.466. The smallest absolute Gasteiger partial charge is 0.276 e. The molecule has 2 rings (SSSR count). The lowest BCUT2D eigenvalue weighted by atomic mass is 10.1. The molecule has 5 heteroatoms. The SMILES string of the molecule is C/C(=N\NC1=[NH+]CCCN1)c1ccc(Cl)cc1. The Labute approximate surface area is 106 Å². The van der Waals surface area contributed by atoms with Gasteiger partial charge in [-0.15, -0.1) is 5.10 Å².